The minimum absolute atomic E-state index is 0.0812. The lowest BCUT2D eigenvalue weighted by atomic mass is 10.2. The van der Waals surface area contributed by atoms with E-state index in [0.29, 0.717) is 5.75 Å². The van der Waals surface area contributed by atoms with Crippen molar-refractivity contribution in [1.29, 1.82) is 0 Å². The van der Waals surface area contributed by atoms with Gasteiger partial charge in [0.15, 0.2) is 17.3 Å². The first-order chi connectivity index (χ1) is 9.07. The molecule has 2 rings (SSSR count). The van der Waals surface area contributed by atoms with E-state index in [9.17, 15) is 9.18 Å². The zero-order valence-electron chi connectivity index (χ0n) is 12.2. The van der Waals surface area contributed by atoms with Crippen LogP contribution in [0.5, 0.6) is 11.5 Å². The van der Waals surface area contributed by atoms with Crippen molar-refractivity contribution >= 4 is 11.8 Å². The molecule has 0 aliphatic carbocycles. The third kappa shape index (κ3) is 3.12. The fraction of sp³-hybridized carbons (Fsp3) is 0.500. The number of ether oxygens (including phenoxy) is 3. The first-order valence-corrected chi connectivity index (χ1v) is 6.28. The first kappa shape index (κ1) is 14.4. The Kier molecular flexibility index (Phi) is 3.28. The van der Waals surface area contributed by atoms with Gasteiger partial charge in [0.25, 0.3) is 0 Å². The lowest BCUT2D eigenvalue weighted by molar-refractivity contribution is -0.0429. The lowest BCUT2D eigenvalue weighted by Gasteiger charge is -2.20. The van der Waals surface area contributed by atoms with Crippen LogP contribution in [0.3, 0.4) is 0 Å². The van der Waals surface area contributed by atoms with Crippen LogP contribution >= 0.6 is 0 Å². The maximum Gasteiger partial charge on any atom is 0.412 e. The van der Waals surface area contributed by atoms with Gasteiger partial charge in [-0.1, -0.05) is 0 Å². The molecule has 1 heterocycles. The highest BCUT2D eigenvalue weighted by atomic mass is 19.1. The molecule has 0 fully saturated rings. The van der Waals surface area contributed by atoms with Gasteiger partial charge in [-0.05, 0) is 32.9 Å². The van der Waals surface area contributed by atoms with E-state index < -0.39 is 23.3 Å². The second kappa shape index (κ2) is 4.54. The van der Waals surface area contributed by atoms with Crippen molar-refractivity contribution in [2.75, 3.05) is 5.32 Å². The summed E-state index contributed by atoms with van der Waals surface area (Å²) in [4.78, 5) is 11.7. The summed E-state index contributed by atoms with van der Waals surface area (Å²) in [5.74, 6) is -0.972. The average molecular weight is 283 g/mol. The van der Waals surface area contributed by atoms with Gasteiger partial charge >= 0.3 is 6.09 Å². The van der Waals surface area contributed by atoms with Crippen molar-refractivity contribution in [3.63, 3.8) is 0 Å². The van der Waals surface area contributed by atoms with E-state index in [2.05, 4.69) is 5.32 Å². The smallest absolute Gasteiger partial charge is 0.412 e. The van der Waals surface area contributed by atoms with Crippen LogP contribution in [0.4, 0.5) is 14.9 Å². The standard InChI is InChI=1S/C14H18FNO4/c1-13(2,3)20-12(17)16-10-8(15)6-7-9-11(10)19-14(4,5)18-9/h6-7H,1-5H3,(H,16,17). The molecule has 0 saturated carbocycles. The summed E-state index contributed by atoms with van der Waals surface area (Å²) in [6, 6.07) is 2.66. The molecule has 110 valence electrons. The second-order valence-electron chi connectivity index (χ2n) is 5.98. The molecule has 0 spiro atoms. The van der Waals surface area contributed by atoms with Crippen LogP contribution in [0.1, 0.15) is 34.6 Å². The Hall–Kier alpha value is -1.98. The van der Waals surface area contributed by atoms with E-state index >= 15 is 0 Å². The highest BCUT2D eigenvalue weighted by Gasteiger charge is 2.35. The first-order valence-electron chi connectivity index (χ1n) is 6.28. The van der Waals surface area contributed by atoms with Crippen molar-refractivity contribution in [2.45, 2.75) is 46.0 Å². The highest BCUT2D eigenvalue weighted by Crippen LogP contribution is 2.45. The SMILES string of the molecule is CC(C)(C)OC(=O)Nc1c(F)ccc2c1OC(C)(C)O2. The summed E-state index contributed by atoms with van der Waals surface area (Å²) in [5, 5.41) is 2.36. The molecule has 1 amide bonds. The average Bonchev–Trinajstić information content (AvgIpc) is 2.55. The van der Waals surface area contributed by atoms with Crippen LogP contribution in [0.2, 0.25) is 0 Å². The van der Waals surface area contributed by atoms with Gasteiger partial charge < -0.3 is 14.2 Å². The molecule has 5 nitrogen and oxygen atoms in total. The molecule has 1 aromatic carbocycles. The Morgan fingerprint density at radius 2 is 1.95 bits per heavy atom. The Morgan fingerprint density at radius 1 is 1.30 bits per heavy atom. The van der Waals surface area contributed by atoms with Crippen molar-refractivity contribution in [1.82, 2.24) is 0 Å². The molecule has 0 aromatic heterocycles. The highest BCUT2D eigenvalue weighted by molar-refractivity contribution is 5.88. The summed E-state index contributed by atoms with van der Waals surface area (Å²) in [6.07, 6.45) is -0.752. The van der Waals surface area contributed by atoms with Crippen LogP contribution in [0.25, 0.3) is 0 Å². The van der Waals surface area contributed by atoms with Gasteiger partial charge in [0, 0.05) is 13.8 Å². The number of amides is 1. The maximum atomic E-state index is 13.9. The molecular formula is C14H18FNO4. The van der Waals surface area contributed by atoms with Gasteiger partial charge in [-0.2, -0.15) is 0 Å². The molecule has 0 bridgehead atoms. The molecule has 6 heteroatoms. The second-order valence-corrected chi connectivity index (χ2v) is 5.98. The normalized spacial score (nSPS) is 15.9. The molecule has 20 heavy (non-hydrogen) atoms. The number of carbonyl (C=O) groups is 1. The third-order valence-corrected chi connectivity index (χ3v) is 2.40. The number of nitrogens with one attached hydrogen (secondary N) is 1. The van der Waals surface area contributed by atoms with E-state index in [4.69, 9.17) is 14.2 Å². The quantitative estimate of drug-likeness (QED) is 0.854. The van der Waals surface area contributed by atoms with Crippen molar-refractivity contribution in [2.24, 2.45) is 0 Å². The molecule has 1 aliphatic heterocycles. The molecule has 0 atom stereocenters. The number of fused-ring (bicyclic) bond motifs is 1. The summed E-state index contributed by atoms with van der Waals surface area (Å²) in [6.45, 7) is 8.56. The molecule has 1 aliphatic rings. The molecular weight excluding hydrogens is 265 g/mol. The number of carbonyl (C=O) groups excluding carboxylic acids is 1. The summed E-state index contributed by atoms with van der Waals surface area (Å²) < 4.78 is 30.0. The molecule has 1 aromatic rings. The number of rotatable bonds is 1. The van der Waals surface area contributed by atoms with Crippen molar-refractivity contribution in [3.8, 4) is 11.5 Å². The van der Waals surface area contributed by atoms with E-state index in [0.717, 1.165) is 0 Å². The molecule has 1 N–H and O–H groups in total. The van der Waals surface area contributed by atoms with Gasteiger partial charge in [0.1, 0.15) is 11.3 Å². The molecule has 0 radical (unpaired) electrons. The number of hydrogen-bond acceptors (Lipinski definition) is 4. The third-order valence-electron chi connectivity index (χ3n) is 2.40. The minimum atomic E-state index is -0.902. The Bertz CT molecular complexity index is 549. The Morgan fingerprint density at radius 3 is 2.55 bits per heavy atom. The Balaban J connectivity index is 2.26. The zero-order valence-corrected chi connectivity index (χ0v) is 12.2. The monoisotopic (exact) mass is 283 g/mol. The predicted octanol–water partition coefficient (Wildman–Crippen LogP) is 3.68. The van der Waals surface area contributed by atoms with Crippen molar-refractivity contribution < 1.29 is 23.4 Å². The fourth-order valence-corrected chi connectivity index (χ4v) is 1.77. The largest absolute Gasteiger partial charge is 0.449 e. The van der Waals surface area contributed by atoms with E-state index in [1.165, 1.54) is 12.1 Å². The number of benzene rings is 1. The topological polar surface area (TPSA) is 56.8 Å². The minimum Gasteiger partial charge on any atom is -0.449 e. The van der Waals surface area contributed by atoms with Gasteiger partial charge in [-0.3, -0.25) is 5.32 Å². The number of anilines is 1. The van der Waals surface area contributed by atoms with Crippen LogP contribution in [0.15, 0.2) is 12.1 Å². The molecule has 0 unspecified atom stereocenters. The lowest BCUT2D eigenvalue weighted by Crippen LogP contribution is -2.30. The Labute approximate surface area is 117 Å². The summed E-state index contributed by atoms with van der Waals surface area (Å²) >= 11 is 0. The van der Waals surface area contributed by atoms with E-state index in [1.807, 2.05) is 0 Å². The predicted molar refractivity (Wildman–Crippen MR) is 71.6 cm³/mol. The van der Waals surface area contributed by atoms with Gasteiger partial charge in [0.2, 0.25) is 5.79 Å². The van der Waals surface area contributed by atoms with Gasteiger partial charge in [-0.25, -0.2) is 9.18 Å². The number of hydrogen-bond donors (Lipinski definition) is 1. The van der Waals surface area contributed by atoms with Gasteiger partial charge in [0.05, 0.1) is 0 Å². The zero-order chi connectivity index (χ0) is 15.1. The summed E-state index contributed by atoms with van der Waals surface area (Å²) in [7, 11) is 0. The molecule has 0 saturated heterocycles. The number of halogens is 1. The van der Waals surface area contributed by atoms with Crippen LogP contribution in [-0.2, 0) is 4.74 Å². The van der Waals surface area contributed by atoms with E-state index in [-0.39, 0.29) is 11.4 Å². The van der Waals surface area contributed by atoms with Crippen LogP contribution in [-0.4, -0.2) is 17.5 Å². The van der Waals surface area contributed by atoms with Crippen LogP contribution < -0.4 is 14.8 Å². The maximum absolute atomic E-state index is 13.9. The van der Waals surface area contributed by atoms with Crippen LogP contribution in [0, 0.1) is 5.82 Å². The van der Waals surface area contributed by atoms with E-state index in [1.54, 1.807) is 34.6 Å². The van der Waals surface area contributed by atoms with Crippen molar-refractivity contribution in [3.05, 3.63) is 17.9 Å². The fourth-order valence-electron chi connectivity index (χ4n) is 1.77. The van der Waals surface area contributed by atoms with Gasteiger partial charge in [-0.15, -0.1) is 0 Å². The summed E-state index contributed by atoms with van der Waals surface area (Å²) in [5.41, 5.74) is -0.753.